The first kappa shape index (κ1) is 16.1. The summed E-state index contributed by atoms with van der Waals surface area (Å²) in [5.41, 5.74) is 1.74. The Labute approximate surface area is 144 Å². The van der Waals surface area contributed by atoms with Crippen LogP contribution in [-0.2, 0) is 0 Å². The van der Waals surface area contributed by atoms with Gasteiger partial charge < -0.3 is 10.6 Å². The number of hydrogen-bond acceptors (Lipinski definition) is 4. The Morgan fingerprint density at radius 2 is 1.62 bits per heavy atom. The van der Waals surface area contributed by atoms with Crippen LogP contribution in [0.3, 0.4) is 0 Å². The summed E-state index contributed by atoms with van der Waals surface area (Å²) in [5, 5.41) is 20.0. The zero-order valence-corrected chi connectivity index (χ0v) is 13.6. The zero-order valence-electron chi connectivity index (χ0n) is 12.8. The molecule has 0 fully saturated rings. The van der Waals surface area contributed by atoms with E-state index in [1.54, 1.807) is 6.07 Å². The third-order valence-electron chi connectivity index (χ3n) is 3.71. The molecule has 122 valence electrons. The van der Waals surface area contributed by atoms with Crippen molar-refractivity contribution in [3.05, 3.63) is 75.8 Å². The Morgan fingerprint density at radius 1 is 0.917 bits per heavy atom. The highest BCUT2D eigenvalue weighted by Gasteiger charge is 2.08. The summed E-state index contributed by atoms with van der Waals surface area (Å²) in [6, 6.07) is 18.7. The van der Waals surface area contributed by atoms with Crippen LogP contribution in [0.5, 0.6) is 0 Å². The van der Waals surface area contributed by atoms with Crippen LogP contribution in [0.1, 0.15) is 0 Å². The fourth-order valence-electron chi connectivity index (χ4n) is 2.53. The molecule has 0 aliphatic carbocycles. The van der Waals surface area contributed by atoms with E-state index in [0.717, 1.165) is 5.69 Å². The van der Waals surface area contributed by atoms with Crippen LogP contribution in [0.4, 0.5) is 17.1 Å². The molecule has 3 aromatic rings. The topological polar surface area (TPSA) is 67.2 Å². The maximum absolute atomic E-state index is 10.7. The highest BCUT2D eigenvalue weighted by Crippen LogP contribution is 2.26. The van der Waals surface area contributed by atoms with Crippen molar-refractivity contribution in [1.29, 1.82) is 0 Å². The first-order valence-electron chi connectivity index (χ1n) is 7.54. The molecule has 0 amide bonds. The Balaban J connectivity index is 1.60. The van der Waals surface area contributed by atoms with E-state index in [4.69, 9.17) is 11.6 Å². The normalized spacial score (nSPS) is 10.5. The summed E-state index contributed by atoms with van der Waals surface area (Å²) in [4.78, 5) is 10.2. The minimum absolute atomic E-state index is 0.0144. The minimum atomic E-state index is -0.461. The van der Waals surface area contributed by atoms with Crippen molar-refractivity contribution in [3.8, 4) is 0 Å². The Bertz CT molecular complexity index is 878. The number of halogens is 1. The Morgan fingerprint density at radius 3 is 2.38 bits per heavy atom. The lowest BCUT2D eigenvalue weighted by Gasteiger charge is -2.12. The van der Waals surface area contributed by atoms with Crippen LogP contribution in [0.15, 0.2) is 60.7 Å². The number of rotatable bonds is 6. The van der Waals surface area contributed by atoms with Gasteiger partial charge in [-0.1, -0.05) is 48.0 Å². The standard InChI is InChI=1S/C18H16ClN3O2/c19-16-12-14(22(23)24)8-9-18(16)21-11-10-20-17-7-3-5-13-4-1-2-6-15(13)17/h1-9,12,20-21H,10-11H2. The van der Waals surface area contributed by atoms with E-state index in [0.29, 0.717) is 23.8 Å². The molecule has 0 spiro atoms. The number of fused-ring (bicyclic) bond motifs is 1. The van der Waals surface area contributed by atoms with Crippen LogP contribution in [0, 0.1) is 10.1 Å². The van der Waals surface area contributed by atoms with Gasteiger partial charge in [-0.25, -0.2) is 0 Å². The van der Waals surface area contributed by atoms with E-state index >= 15 is 0 Å². The first-order valence-corrected chi connectivity index (χ1v) is 7.92. The molecule has 0 heterocycles. The number of nitro benzene ring substituents is 1. The maximum Gasteiger partial charge on any atom is 0.271 e. The summed E-state index contributed by atoms with van der Waals surface area (Å²) < 4.78 is 0. The van der Waals surface area contributed by atoms with Crippen LogP contribution in [0.25, 0.3) is 10.8 Å². The molecule has 3 rings (SSSR count). The molecule has 3 aromatic carbocycles. The second-order valence-electron chi connectivity index (χ2n) is 5.30. The summed E-state index contributed by atoms with van der Waals surface area (Å²) in [6.07, 6.45) is 0. The van der Waals surface area contributed by atoms with Gasteiger partial charge in [0.15, 0.2) is 0 Å². The van der Waals surface area contributed by atoms with E-state index in [1.165, 1.54) is 22.9 Å². The van der Waals surface area contributed by atoms with Gasteiger partial charge in [-0.15, -0.1) is 0 Å². The quantitative estimate of drug-likeness (QED) is 0.379. The lowest BCUT2D eigenvalue weighted by Crippen LogP contribution is -2.14. The summed E-state index contributed by atoms with van der Waals surface area (Å²) in [6.45, 7) is 1.34. The lowest BCUT2D eigenvalue weighted by molar-refractivity contribution is -0.384. The Hall–Kier alpha value is -2.79. The minimum Gasteiger partial charge on any atom is -0.383 e. The summed E-state index contributed by atoms with van der Waals surface area (Å²) in [7, 11) is 0. The molecule has 24 heavy (non-hydrogen) atoms. The number of hydrogen-bond donors (Lipinski definition) is 2. The first-order chi connectivity index (χ1) is 11.6. The zero-order chi connectivity index (χ0) is 16.9. The van der Waals surface area contributed by atoms with Gasteiger partial charge in [-0.05, 0) is 17.5 Å². The highest BCUT2D eigenvalue weighted by atomic mass is 35.5. The van der Waals surface area contributed by atoms with Gasteiger partial charge in [0.2, 0.25) is 0 Å². The number of benzene rings is 3. The number of non-ortho nitro benzene ring substituents is 1. The van der Waals surface area contributed by atoms with Crippen LogP contribution < -0.4 is 10.6 Å². The SMILES string of the molecule is O=[N+]([O-])c1ccc(NCCNc2cccc3ccccc23)c(Cl)c1. The smallest absolute Gasteiger partial charge is 0.271 e. The molecule has 0 radical (unpaired) electrons. The van der Waals surface area contributed by atoms with E-state index in [2.05, 4.69) is 28.8 Å². The number of nitrogens with one attached hydrogen (secondary N) is 2. The average molecular weight is 342 g/mol. The Kier molecular flexibility index (Phi) is 4.82. The van der Waals surface area contributed by atoms with Crippen molar-refractivity contribution in [2.45, 2.75) is 0 Å². The van der Waals surface area contributed by atoms with Gasteiger partial charge in [0, 0.05) is 36.3 Å². The van der Waals surface area contributed by atoms with Crippen LogP contribution >= 0.6 is 11.6 Å². The number of anilines is 2. The van der Waals surface area contributed by atoms with Gasteiger partial charge in [0.25, 0.3) is 5.69 Å². The molecule has 0 aliphatic heterocycles. The third-order valence-corrected chi connectivity index (χ3v) is 4.02. The van der Waals surface area contributed by atoms with E-state index < -0.39 is 4.92 Å². The summed E-state index contributed by atoms with van der Waals surface area (Å²) in [5.74, 6) is 0. The van der Waals surface area contributed by atoms with Crippen molar-refractivity contribution in [2.75, 3.05) is 23.7 Å². The van der Waals surface area contributed by atoms with Gasteiger partial charge >= 0.3 is 0 Å². The molecule has 0 saturated heterocycles. The highest BCUT2D eigenvalue weighted by molar-refractivity contribution is 6.33. The van der Waals surface area contributed by atoms with E-state index in [1.807, 2.05) is 24.3 Å². The maximum atomic E-state index is 10.7. The van der Waals surface area contributed by atoms with Gasteiger partial charge in [-0.3, -0.25) is 10.1 Å². The second-order valence-corrected chi connectivity index (χ2v) is 5.71. The van der Waals surface area contributed by atoms with Crippen LogP contribution in [0.2, 0.25) is 5.02 Å². The van der Waals surface area contributed by atoms with Gasteiger partial charge in [-0.2, -0.15) is 0 Å². The molecule has 0 bridgehead atoms. The fraction of sp³-hybridized carbons (Fsp3) is 0.111. The van der Waals surface area contributed by atoms with Crippen molar-refractivity contribution in [1.82, 2.24) is 0 Å². The molecule has 0 aliphatic rings. The fourth-order valence-corrected chi connectivity index (χ4v) is 2.78. The monoisotopic (exact) mass is 341 g/mol. The van der Waals surface area contributed by atoms with Crippen molar-refractivity contribution in [2.24, 2.45) is 0 Å². The van der Waals surface area contributed by atoms with Gasteiger partial charge in [0.1, 0.15) is 0 Å². The predicted octanol–water partition coefficient (Wildman–Crippen LogP) is 4.93. The molecule has 0 unspecified atom stereocenters. The molecule has 5 nitrogen and oxygen atoms in total. The molecule has 0 aromatic heterocycles. The molecule has 2 N–H and O–H groups in total. The number of nitrogens with zero attached hydrogens (tertiary/aromatic N) is 1. The van der Waals surface area contributed by atoms with Crippen molar-refractivity contribution >= 4 is 39.4 Å². The summed E-state index contributed by atoms with van der Waals surface area (Å²) >= 11 is 6.06. The van der Waals surface area contributed by atoms with Crippen molar-refractivity contribution < 1.29 is 4.92 Å². The number of nitro groups is 1. The predicted molar refractivity (Wildman–Crippen MR) is 99.0 cm³/mol. The third kappa shape index (κ3) is 3.58. The molecular weight excluding hydrogens is 326 g/mol. The second kappa shape index (κ2) is 7.19. The molecular formula is C18H16ClN3O2. The lowest BCUT2D eigenvalue weighted by atomic mass is 10.1. The van der Waals surface area contributed by atoms with Crippen LogP contribution in [-0.4, -0.2) is 18.0 Å². The van der Waals surface area contributed by atoms with Gasteiger partial charge in [0.05, 0.1) is 15.6 Å². The molecule has 0 saturated carbocycles. The van der Waals surface area contributed by atoms with E-state index in [9.17, 15) is 10.1 Å². The average Bonchev–Trinajstić information content (AvgIpc) is 2.59. The largest absolute Gasteiger partial charge is 0.383 e. The van der Waals surface area contributed by atoms with E-state index in [-0.39, 0.29) is 5.69 Å². The molecule has 0 atom stereocenters. The van der Waals surface area contributed by atoms with Crippen molar-refractivity contribution in [3.63, 3.8) is 0 Å². The molecule has 6 heteroatoms.